The van der Waals surface area contributed by atoms with Gasteiger partial charge in [0.05, 0.1) is 11.6 Å². The van der Waals surface area contributed by atoms with Gasteiger partial charge in [-0.15, -0.1) is 0 Å². The van der Waals surface area contributed by atoms with Crippen LogP contribution >= 0.6 is 9.39 Å². The van der Waals surface area contributed by atoms with Crippen LogP contribution in [0.1, 0.15) is 23.1 Å². The Balaban J connectivity index is 3.55. The molecule has 1 aromatic heterocycles. The zero-order valence-corrected chi connectivity index (χ0v) is 10.2. The highest BCUT2D eigenvalue weighted by Gasteiger charge is 2.31. The van der Waals surface area contributed by atoms with Gasteiger partial charge in [0.25, 0.3) is 0 Å². The first-order chi connectivity index (χ1) is 7.90. The molecule has 0 fully saturated rings. The van der Waals surface area contributed by atoms with E-state index in [1.807, 2.05) is 0 Å². The van der Waals surface area contributed by atoms with Crippen LogP contribution in [0.5, 0.6) is 0 Å². The summed E-state index contributed by atoms with van der Waals surface area (Å²) in [5, 5.41) is 26.6. The normalized spacial score (nSPS) is 10.2. The van der Waals surface area contributed by atoms with Crippen LogP contribution in [0.4, 0.5) is 5.69 Å². The van der Waals surface area contributed by atoms with Crippen molar-refractivity contribution < 1.29 is 14.8 Å². The zero-order chi connectivity index (χ0) is 13.2. The number of aliphatic hydroxyl groups is 1. The van der Waals surface area contributed by atoms with E-state index in [9.17, 15) is 20.0 Å². The third-order valence-corrected chi connectivity index (χ3v) is 2.14. The second kappa shape index (κ2) is 5.03. The number of nitrogens with one attached hydrogen (secondary N) is 1. The molecule has 0 saturated heterocycles. The van der Waals surface area contributed by atoms with Crippen LogP contribution in [0.15, 0.2) is 6.58 Å². The van der Waals surface area contributed by atoms with Crippen molar-refractivity contribution in [2.75, 3.05) is 0 Å². The third-order valence-electron chi connectivity index (χ3n) is 1.96. The van der Waals surface area contributed by atoms with Gasteiger partial charge in [0.15, 0.2) is 11.5 Å². The largest absolute Gasteiger partial charge is 0.506 e. The van der Waals surface area contributed by atoms with E-state index in [1.165, 1.54) is 0 Å². The standard InChI is InChI=1S/C8H11N4O4P/c1-4(13)6-8(12(15)16)7(5(2)14)11(10-6)3-9-17/h9,14H,2-3,17H2,1H3. The maximum atomic E-state index is 11.2. The number of hydrogen-bond donors (Lipinski definition) is 2. The molecule has 0 aliphatic carbocycles. The number of rotatable bonds is 5. The second-order valence-corrected chi connectivity index (χ2v) is 3.58. The van der Waals surface area contributed by atoms with Crippen molar-refractivity contribution >= 4 is 26.6 Å². The van der Waals surface area contributed by atoms with Crippen LogP contribution in [0.2, 0.25) is 0 Å². The van der Waals surface area contributed by atoms with Crippen molar-refractivity contribution in [3.05, 3.63) is 28.1 Å². The van der Waals surface area contributed by atoms with Gasteiger partial charge in [-0.2, -0.15) is 5.10 Å². The van der Waals surface area contributed by atoms with Crippen molar-refractivity contribution in [2.45, 2.75) is 13.6 Å². The molecule has 0 bridgehead atoms. The molecule has 0 saturated carbocycles. The SMILES string of the molecule is C=C(O)c1c([N+](=O)[O-])c(C(C)=O)nn1CNP. The number of nitrogens with zero attached hydrogens (tertiary/aromatic N) is 3. The van der Waals surface area contributed by atoms with Gasteiger partial charge in [-0.25, -0.2) is 4.68 Å². The number of Topliss-reactive ketones (excluding diaryl/α,β-unsaturated/α-hetero) is 1. The second-order valence-electron chi connectivity index (χ2n) is 3.17. The summed E-state index contributed by atoms with van der Waals surface area (Å²) in [6, 6.07) is 0. The Hall–Kier alpha value is -1.79. The Morgan fingerprint density at radius 1 is 1.76 bits per heavy atom. The number of hydrogen-bond acceptors (Lipinski definition) is 6. The maximum absolute atomic E-state index is 11.2. The maximum Gasteiger partial charge on any atom is 0.329 e. The number of ketones is 1. The van der Waals surface area contributed by atoms with Gasteiger partial charge >= 0.3 is 5.69 Å². The minimum absolute atomic E-state index is 0.0771. The summed E-state index contributed by atoms with van der Waals surface area (Å²) >= 11 is 0. The summed E-state index contributed by atoms with van der Waals surface area (Å²) in [5.41, 5.74) is -1.03. The molecule has 8 nitrogen and oxygen atoms in total. The lowest BCUT2D eigenvalue weighted by Crippen LogP contribution is -2.12. The Morgan fingerprint density at radius 2 is 2.35 bits per heavy atom. The van der Waals surface area contributed by atoms with Crippen molar-refractivity contribution in [1.82, 2.24) is 14.9 Å². The smallest absolute Gasteiger partial charge is 0.329 e. The molecule has 17 heavy (non-hydrogen) atoms. The van der Waals surface area contributed by atoms with E-state index in [0.29, 0.717) is 0 Å². The minimum Gasteiger partial charge on any atom is -0.506 e. The van der Waals surface area contributed by atoms with Crippen LogP contribution in [0.3, 0.4) is 0 Å². The van der Waals surface area contributed by atoms with E-state index in [2.05, 4.69) is 26.2 Å². The van der Waals surface area contributed by atoms with Crippen LogP contribution in [0, 0.1) is 10.1 Å². The number of carbonyl (C=O) groups excluding carboxylic acids is 1. The van der Waals surface area contributed by atoms with Crippen molar-refractivity contribution in [3.63, 3.8) is 0 Å². The summed E-state index contributed by atoms with van der Waals surface area (Å²) in [6.45, 7) is 4.47. The predicted molar refractivity (Wildman–Crippen MR) is 63.4 cm³/mol. The molecule has 92 valence electrons. The van der Waals surface area contributed by atoms with Crippen molar-refractivity contribution in [1.29, 1.82) is 0 Å². The lowest BCUT2D eigenvalue weighted by atomic mass is 10.2. The molecule has 0 amide bonds. The number of nitro groups is 1. The van der Waals surface area contributed by atoms with E-state index in [-0.39, 0.29) is 18.1 Å². The third kappa shape index (κ3) is 2.48. The summed E-state index contributed by atoms with van der Waals surface area (Å²) in [5.74, 6) is -1.07. The summed E-state index contributed by atoms with van der Waals surface area (Å²) in [6.07, 6.45) is 0. The lowest BCUT2D eigenvalue weighted by Gasteiger charge is -2.03. The highest BCUT2D eigenvalue weighted by Crippen LogP contribution is 2.28. The Labute approximate surface area is 98.7 Å². The van der Waals surface area contributed by atoms with Crippen molar-refractivity contribution in [2.24, 2.45) is 0 Å². The van der Waals surface area contributed by atoms with E-state index in [1.54, 1.807) is 0 Å². The molecule has 0 aliphatic heterocycles. The van der Waals surface area contributed by atoms with E-state index >= 15 is 0 Å². The molecular weight excluding hydrogens is 247 g/mol. The van der Waals surface area contributed by atoms with Crippen LogP contribution in [-0.4, -0.2) is 25.6 Å². The topological polar surface area (TPSA) is 110 Å². The van der Waals surface area contributed by atoms with E-state index in [4.69, 9.17) is 0 Å². The van der Waals surface area contributed by atoms with Crippen LogP contribution in [-0.2, 0) is 6.67 Å². The predicted octanol–water partition coefficient (Wildman–Crippen LogP) is 0.860. The fourth-order valence-corrected chi connectivity index (χ4v) is 1.52. The van der Waals surface area contributed by atoms with Crippen LogP contribution in [0.25, 0.3) is 5.76 Å². The van der Waals surface area contributed by atoms with Gasteiger partial charge in [0.1, 0.15) is 5.76 Å². The molecule has 2 N–H and O–H groups in total. The molecule has 1 rings (SSSR count). The highest BCUT2D eigenvalue weighted by atomic mass is 31.0. The zero-order valence-electron chi connectivity index (χ0n) is 9.01. The molecule has 1 atom stereocenters. The Kier molecular flexibility index (Phi) is 3.93. The first kappa shape index (κ1) is 13.3. The molecular formula is C8H11N4O4P. The van der Waals surface area contributed by atoms with E-state index < -0.39 is 22.2 Å². The van der Waals surface area contributed by atoms with Crippen LogP contribution < -0.4 is 5.09 Å². The Morgan fingerprint density at radius 3 is 2.71 bits per heavy atom. The summed E-state index contributed by atoms with van der Waals surface area (Å²) < 4.78 is 1.10. The van der Waals surface area contributed by atoms with Gasteiger partial charge in [-0.05, 0) is 0 Å². The summed E-state index contributed by atoms with van der Waals surface area (Å²) in [4.78, 5) is 21.4. The molecule has 0 radical (unpaired) electrons. The van der Waals surface area contributed by atoms with Gasteiger partial charge in [-0.3, -0.25) is 20.0 Å². The van der Waals surface area contributed by atoms with Gasteiger partial charge in [0.2, 0.25) is 5.69 Å². The van der Waals surface area contributed by atoms with Gasteiger partial charge in [-0.1, -0.05) is 16.0 Å². The Bertz CT molecular complexity index is 496. The number of aromatic nitrogens is 2. The number of carbonyl (C=O) groups is 1. The highest BCUT2D eigenvalue weighted by molar-refractivity contribution is 7.13. The quantitative estimate of drug-likeness (QED) is 0.266. The molecule has 1 unspecified atom stereocenters. The van der Waals surface area contributed by atoms with Crippen molar-refractivity contribution in [3.8, 4) is 0 Å². The summed E-state index contributed by atoms with van der Waals surface area (Å²) in [7, 11) is 2.18. The molecule has 1 heterocycles. The molecule has 1 aromatic rings. The number of aliphatic hydroxyl groups excluding tert-OH is 1. The fraction of sp³-hybridized carbons (Fsp3) is 0.250. The average Bonchev–Trinajstić information content (AvgIpc) is 2.57. The van der Waals surface area contributed by atoms with E-state index in [0.717, 1.165) is 11.6 Å². The van der Waals surface area contributed by atoms with Gasteiger partial charge in [0, 0.05) is 6.92 Å². The monoisotopic (exact) mass is 258 g/mol. The fourth-order valence-electron chi connectivity index (χ4n) is 1.35. The minimum atomic E-state index is -0.764. The molecule has 9 heteroatoms. The first-order valence-corrected chi connectivity index (χ1v) is 5.05. The first-order valence-electron chi connectivity index (χ1n) is 4.48. The lowest BCUT2D eigenvalue weighted by molar-refractivity contribution is -0.385. The van der Waals surface area contributed by atoms with Gasteiger partial charge < -0.3 is 5.11 Å². The molecule has 0 aromatic carbocycles. The average molecular weight is 258 g/mol. The molecule has 0 aliphatic rings. The molecule has 0 spiro atoms.